The lowest BCUT2D eigenvalue weighted by atomic mass is 10.2. The van der Waals surface area contributed by atoms with Gasteiger partial charge in [-0.05, 0) is 12.1 Å². The Bertz CT molecular complexity index is 720. The van der Waals surface area contributed by atoms with Crippen LogP contribution in [0, 0.1) is 0 Å². The third-order valence-corrected chi connectivity index (χ3v) is 3.01. The van der Waals surface area contributed by atoms with Gasteiger partial charge < -0.3 is 15.0 Å². The minimum absolute atomic E-state index is 0.425. The number of hydrogen-bond acceptors (Lipinski definition) is 4. The van der Waals surface area contributed by atoms with Crippen LogP contribution in [0.4, 0.5) is 0 Å². The van der Waals surface area contributed by atoms with E-state index in [9.17, 15) is 0 Å². The first-order chi connectivity index (χ1) is 9.29. The number of ether oxygens (including phenoxy) is 1. The zero-order valence-corrected chi connectivity index (χ0v) is 10.6. The molecule has 1 aromatic carbocycles. The first kappa shape index (κ1) is 11.7. The summed E-state index contributed by atoms with van der Waals surface area (Å²) in [4.78, 5) is 8.57. The summed E-state index contributed by atoms with van der Waals surface area (Å²) in [5.41, 5.74) is 8.37. The number of nitrogens with two attached hydrogens (primary N) is 1. The van der Waals surface area contributed by atoms with Gasteiger partial charge in [-0.1, -0.05) is 18.2 Å². The fraction of sp³-hybridized carbons (Fsp3) is 0.143. The predicted molar refractivity (Wildman–Crippen MR) is 72.9 cm³/mol. The summed E-state index contributed by atoms with van der Waals surface area (Å²) in [6.45, 7) is 0.425. The van der Waals surface area contributed by atoms with Crippen molar-refractivity contribution in [2.24, 2.45) is 12.8 Å². The number of para-hydroxylation sites is 1. The molecule has 0 aliphatic rings. The number of imidazole rings is 1. The smallest absolute Gasteiger partial charge is 0.247 e. The van der Waals surface area contributed by atoms with Crippen molar-refractivity contribution in [2.45, 2.75) is 6.54 Å². The van der Waals surface area contributed by atoms with Crippen LogP contribution in [0.15, 0.2) is 42.9 Å². The van der Waals surface area contributed by atoms with Gasteiger partial charge in [-0.2, -0.15) is 0 Å². The molecular weight excluding hydrogens is 240 g/mol. The fourth-order valence-corrected chi connectivity index (χ4v) is 1.99. The van der Waals surface area contributed by atoms with Gasteiger partial charge in [0.1, 0.15) is 5.75 Å². The molecule has 0 spiro atoms. The van der Waals surface area contributed by atoms with Crippen LogP contribution in [0.1, 0.15) is 5.56 Å². The molecule has 0 aliphatic carbocycles. The van der Waals surface area contributed by atoms with E-state index in [4.69, 9.17) is 10.5 Å². The van der Waals surface area contributed by atoms with Gasteiger partial charge in [0, 0.05) is 25.4 Å². The van der Waals surface area contributed by atoms with Crippen LogP contribution in [0.3, 0.4) is 0 Å². The molecule has 0 bridgehead atoms. The van der Waals surface area contributed by atoms with E-state index in [0.717, 1.165) is 22.3 Å². The number of benzene rings is 1. The molecule has 2 aromatic heterocycles. The zero-order chi connectivity index (χ0) is 13.2. The number of aromatic nitrogens is 3. The third-order valence-electron chi connectivity index (χ3n) is 3.01. The first-order valence-corrected chi connectivity index (χ1v) is 6.01. The molecule has 2 N–H and O–H groups in total. The van der Waals surface area contributed by atoms with Crippen LogP contribution in [0.25, 0.3) is 11.0 Å². The SMILES string of the molecule is Cn1cnc2c(Oc3ccccc3CN)nccc21. The van der Waals surface area contributed by atoms with E-state index in [1.54, 1.807) is 12.5 Å². The summed E-state index contributed by atoms with van der Waals surface area (Å²) < 4.78 is 7.79. The maximum atomic E-state index is 5.86. The number of nitrogens with zero attached hydrogens (tertiary/aromatic N) is 3. The van der Waals surface area contributed by atoms with Crippen LogP contribution in [-0.2, 0) is 13.6 Å². The molecule has 0 radical (unpaired) electrons. The molecule has 0 unspecified atom stereocenters. The summed E-state index contributed by atoms with van der Waals surface area (Å²) in [6.07, 6.45) is 3.46. The van der Waals surface area contributed by atoms with Crippen molar-refractivity contribution in [1.82, 2.24) is 14.5 Å². The van der Waals surface area contributed by atoms with Crippen molar-refractivity contribution in [1.29, 1.82) is 0 Å². The minimum atomic E-state index is 0.425. The van der Waals surface area contributed by atoms with Crippen LogP contribution in [0.5, 0.6) is 11.6 Å². The second-order valence-corrected chi connectivity index (χ2v) is 4.25. The number of hydrogen-bond donors (Lipinski definition) is 1. The highest BCUT2D eigenvalue weighted by Crippen LogP contribution is 2.28. The van der Waals surface area contributed by atoms with E-state index >= 15 is 0 Å². The molecule has 0 saturated carbocycles. The zero-order valence-electron chi connectivity index (χ0n) is 10.6. The van der Waals surface area contributed by atoms with Crippen molar-refractivity contribution >= 4 is 11.0 Å². The monoisotopic (exact) mass is 254 g/mol. The molecule has 96 valence electrons. The normalized spacial score (nSPS) is 10.8. The lowest BCUT2D eigenvalue weighted by molar-refractivity contribution is 0.462. The lowest BCUT2D eigenvalue weighted by Gasteiger charge is -2.09. The van der Waals surface area contributed by atoms with E-state index in [0.29, 0.717) is 12.4 Å². The highest BCUT2D eigenvalue weighted by Gasteiger charge is 2.10. The van der Waals surface area contributed by atoms with Crippen molar-refractivity contribution in [3.8, 4) is 11.6 Å². The van der Waals surface area contributed by atoms with Crippen LogP contribution in [0.2, 0.25) is 0 Å². The Hall–Kier alpha value is -2.40. The highest BCUT2D eigenvalue weighted by atomic mass is 16.5. The minimum Gasteiger partial charge on any atom is -0.437 e. The quantitative estimate of drug-likeness (QED) is 0.778. The van der Waals surface area contributed by atoms with Gasteiger partial charge in [0.25, 0.3) is 0 Å². The van der Waals surface area contributed by atoms with E-state index in [2.05, 4.69) is 9.97 Å². The van der Waals surface area contributed by atoms with E-state index in [1.807, 2.05) is 41.9 Å². The van der Waals surface area contributed by atoms with Crippen molar-refractivity contribution in [3.05, 3.63) is 48.4 Å². The Morgan fingerprint density at radius 3 is 2.89 bits per heavy atom. The van der Waals surface area contributed by atoms with Gasteiger partial charge in [-0.25, -0.2) is 9.97 Å². The molecule has 0 atom stereocenters. The Balaban J connectivity index is 2.06. The van der Waals surface area contributed by atoms with Crippen LogP contribution < -0.4 is 10.5 Å². The number of rotatable bonds is 3. The molecule has 19 heavy (non-hydrogen) atoms. The molecule has 0 fully saturated rings. The van der Waals surface area contributed by atoms with E-state index in [-0.39, 0.29) is 0 Å². The summed E-state index contributed by atoms with van der Waals surface area (Å²) in [5.74, 6) is 1.22. The Morgan fingerprint density at radius 1 is 1.21 bits per heavy atom. The maximum Gasteiger partial charge on any atom is 0.247 e. The van der Waals surface area contributed by atoms with Crippen LogP contribution >= 0.6 is 0 Å². The van der Waals surface area contributed by atoms with Gasteiger partial charge in [0.05, 0.1) is 11.8 Å². The van der Waals surface area contributed by atoms with Gasteiger partial charge in [-0.15, -0.1) is 0 Å². The highest BCUT2D eigenvalue weighted by molar-refractivity contribution is 5.80. The van der Waals surface area contributed by atoms with Gasteiger partial charge in [0.15, 0.2) is 5.52 Å². The van der Waals surface area contributed by atoms with Gasteiger partial charge in [0.2, 0.25) is 5.88 Å². The summed E-state index contributed by atoms with van der Waals surface area (Å²) >= 11 is 0. The second kappa shape index (κ2) is 4.70. The third kappa shape index (κ3) is 2.04. The summed E-state index contributed by atoms with van der Waals surface area (Å²) in [7, 11) is 1.94. The Kier molecular flexibility index (Phi) is 2.89. The number of fused-ring (bicyclic) bond motifs is 1. The van der Waals surface area contributed by atoms with Crippen molar-refractivity contribution < 1.29 is 4.74 Å². The lowest BCUT2D eigenvalue weighted by Crippen LogP contribution is -2.00. The van der Waals surface area contributed by atoms with E-state index < -0.39 is 0 Å². The summed E-state index contributed by atoms with van der Waals surface area (Å²) in [6, 6.07) is 9.57. The van der Waals surface area contributed by atoms with Crippen LogP contribution in [-0.4, -0.2) is 14.5 Å². The average molecular weight is 254 g/mol. The largest absolute Gasteiger partial charge is 0.437 e. The van der Waals surface area contributed by atoms with Crippen molar-refractivity contribution in [2.75, 3.05) is 0 Å². The molecule has 5 heteroatoms. The average Bonchev–Trinajstić information content (AvgIpc) is 2.82. The predicted octanol–water partition coefficient (Wildman–Crippen LogP) is 2.22. The summed E-state index contributed by atoms with van der Waals surface area (Å²) in [5, 5.41) is 0. The van der Waals surface area contributed by atoms with Crippen molar-refractivity contribution in [3.63, 3.8) is 0 Å². The molecule has 5 nitrogen and oxygen atoms in total. The van der Waals surface area contributed by atoms with E-state index in [1.165, 1.54) is 0 Å². The fourth-order valence-electron chi connectivity index (χ4n) is 1.99. The molecule has 0 saturated heterocycles. The first-order valence-electron chi connectivity index (χ1n) is 6.01. The number of pyridine rings is 1. The topological polar surface area (TPSA) is 66.0 Å². The Labute approximate surface area is 110 Å². The molecular formula is C14H14N4O. The molecule has 3 aromatic rings. The molecule has 0 amide bonds. The molecule has 0 aliphatic heterocycles. The maximum absolute atomic E-state index is 5.86. The number of aryl methyl sites for hydroxylation is 1. The Morgan fingerprint density at radius 2 is 2.05 bits per heavy atom. The standard InChI is InChI=1S/C14H14N4O/c1-18-9-17-13-11(18)6-7-16-14(13)19-12-5-3-2-4-10(12)8-15/h2-7,9H,8,15H2,1H3. The van der Waals surface area contributed by atoms with Gasteiger partial charge >= 0.3 is 0 Å². The molecule has 3 rings (SSSR count). The van der Waals surface area contributed by atoms with Gasteiger partial charge in [-0.3, -0.25) is 0 Å². The molecule has 2 heterocycles. The second-order valence-electron chi connectivity index (χ2n) is 4.25.